The zero-order chi connectivity index (χ0) is 20.1. The quantitative estimate of drug-likeness (QED) is 0.763. The Morgan fingerprint density at radius 3 is 2.82 bits per heavy atom. The minimum absolute atomic E-state index is 0.0210. The molecule has 7 nitrogen and oxygen atoms in total. The highest BCUT2D eigenvalue weighted by Crippen LogP contribution is 2.21. The number of aromatic nitrogens is 1. The van der Waals surface area contributed by atoms with Gasteiger partial charge in [-0.2, -0.15) is 8.42 Å². The molecule has 148 valence electrons. The molecule has 1 aromatic heterocycles. The van der Waals surface area contributed by atoms with Crippen molar-refractivity contribution in [1.82, 2.24) is 9.88 Å². The van der Waals surface area contributed by atoms with Crippen molar-refractivity contribution in [3.63, 3.8) is 0 Å². The van der Waals surface area contributed by atoms with Gasteiger partial charge in [0, 0.05) is 31.9 Å². The van der Waals surface area contributed by atoms with Crippen LogP contribution in [0.5, 0.6) is 0 Å². The maximum absolute atomic E-state index is 12.8. The maximum atomic E-state index is 12.8. The number of pyridine rings is 1. The highest BCUT2D eigenvalue weighted by Gasteiger charge is 2.19. The number of halogens is 1. The van der Waals surface area contributed by atoms with Crippen molar-refractivity contribution >= 4 is 39.1 Å². The number of benzene rings is 1. The van der Waals surface area contributed by atoms with Gasteiger partial charge in [0.25, 0.3) is 15.9 Å². The number of hydrogen-bond donors (Lipinski definition) is 1. The summed E-state index contributed by atoms with van der Waals surface area (Å²) in [6, 6.07) is 9.15. The number of nitrogens with one attached hydrogen (secondary N) is 1. The fourth-order valence-electron chi connectivity index (χ4n) is 2.92. The number of anilines is 1. The third-order valence-corrected chi connectivity index (χ3v) is 6.06. The van der Waals surface area contributed by atoms with Gasteiger partial charge in [0.1, 0.15) is 11.0 Å². The normalized spacial score (nSPS) is 16.6. The molecular formula is C19H21ClN4O3S. The number of amidine groups is 1. The molecule has 0 radical (unpaired) electrons. The Morgan fingerprint density at radius 1 is 1.21 bits per heavy atom. The van der Waals surface area contributed by atoms with Gasteiger partial charge in [-0.3, -0.25) is 4.79 Å². The molecule has 0 saturated carbocycles. The van der Waals surface area contributed by atoms with Crippen molar-refractivity contribution < 1.29 is 13.2 Å². The zero-order valence-electron chi connectivity index (χ0n) is 15.4. The highest BCUT2D eigenvalue weighted by atomic mass is 35.5. The van der Waals surface area contributed by atoms with E-state index in [1.807, 2.05) is 11.9 Å². The van der Waals surface area contributed by atoms with E-state index < -0.39 is 15.9 Å². The van der Waals surface area contributed by atoms with E-state index >= 15 is 0 Å². The Labute approximate surface area is 169 Å². The Hall–Kier alpha value is -2.45. The van der Waals surface area contributed by atoms with E-state index in [-0.39, 0.29) is 15.6 Å². The van der Waals surface area contributed by atoms with Gasteiger partial charge >= 0.3 is 0 Å². The molecule has 3 rings (SSSR count). The molecule has 1 amide bonds. The van der Waals surface area contributed by atoms with Gasteiger partial charge in [-0.25, -0.2) is 4.98 Å². The minimum atomic E-state index is -3.88. The highest BCUT2D eigenvalue weighted by molar-refractivity contribution is 7.90. The van der Waals surface area contributed by atoms with E-state index in [0.29, 0.717) is 17.9 Å². The van der Waals surface area contributed by atoms with Crippen LogP contribution >= 0.6 is 11.6 Å². The summed E-state index contributed by atoms with van der Waals surface area (Å²) in [5.41, 5.74) is 0.540. The lowest BCUT2D eigenvalue weighted by Gasteiger charge is -2.17. The van der Waals surface area contributed by atoms with Crippen LogP contribution in [0.15, 0.2) is 51.9 Å². The van der Waals surface area contributed by atoms with Crippen molar-refractivity contribution in [2.24, 2.45) is 4.40 Å². The molecule has 0 aliphatic carbocycles. The average molecular weight is 421 g/mol. The molecular weight excluding hydrogens is 400 g/mol. The fraction of sp³-hybridized carbons (Fsp3) is 0.316. The summed E-state index contributed by atoms with van der Waals surface area (Å²) in [4.78, 5) is 18.1. The third kappa shape index (κ3) is 4.88. The molecule has 0 bridgehead atoms. The molecule has 0 spiro atoms. The number of likely N-dealkylation sites (tertiary alicyclic amines) is 1. The van der Waals surface area contributed by atoms with E-state index in [0.717, 1.165) is 25.8 Å². The lowest BCUT2D eigenvalue weighted by atomic mass is 10.2. The Kier molecular flexibility index (Phi) is 6.31. The van der Waals surface area contributed by atoms with Crippen molar-refractivity contribution in [3.8, 4) is 0 Å². The largest absolute Gasteiger partial charge is 0.362 e. The van der Waals surface area contributed by atoms with Gasteiger partial charge in [0.05, 0.1) is 10.5 Å². The molecule has 1 aliphatic heterocycles. The first-order chi connectivity index (χ1) is 13.4. The van der Waals surface area contributed by atoms with Crippen LogP contribution in [0.2, 0.25) is 5.15 Å². The average Bonchev–Trinajstić information content (AvgIpc) is 2.86. The van der Waals surface area contributed by atoms with Gasteiger partial charge in [-0.15, -0.1) is 4.40 Å². The van der Waals surface area contributed by atoms with Crippen molar-refractivity contribution in [2.75, 3.05) is 18.9 Å². The third-order valence-electron chi connectivity index (χ3n) is 4.45. The first-order valence-electron chi connectivity index (χ1n) is 8.94. The second-order valence-corrected chi connectivity index (χ2v) is 8.50. The molecule has 0 atom stereocenters. The summed E-state index contributed by atoms with van der Waals surface area (Å²) >= 11 is 5.93. The number of hydrogen-bond acceptors (Lipinski definition) is 4. The maximum Gasteiger partial charge on any atom is 0.284 e. The van der Waals surface area contributed by atoms with Crippen molar-refractivity contribution in [1.29, 1.82) is 0 Å². The molecule has 1 aliphatic rings. The van der Waals surface area contributed by atoms with Gasteiger partial charge in [0.15, 0.2) is 0 Å². The van der Waals surface area contributed by atoms with Gasteiger partial charge in [0.2, 0.25) is 0 Å². The van der Waals surface area contributed by atoms with E-state index in [2.05, 4.69) is 14.7 Å². The molecule has 28 heavy (non-hydrogen) atoms. The predicted octanol–water partition coefficient (Wildman–Crippen LogP) is 3.58. The summed E-state index contributed by atoms with van der Waals surface area (Å²) in [6.45, 7) is 0.788. The lowest BCUT2D eigenvalue weighted by Crippen LogP contribution is -2.26. The van der Waals surface area contributed by atoms with Crippen molar-refractivity contribution in [3.05, 3.63) is 53.3 Å². The second kappa shape index (κ2) is 8.70. The molecule has 1 fully saturated rings. The number of sulfonamides is 1. The smallest absolute Gasteiger partial charge is 0.284 e. The van der Waals surface area contributed by atoms with E-state index in [1.165, 1.54) is 18.3 Å². The number of rotatable bonds is 4. The zero-order valence-corrected chi connectivity index (χ0v) is 17.0. The SMILES string of the molecule is CN1CCCCC/C1=N\S(=O)(=O)c1cccc(NC(=O)c2cccnc2Cl)c1. The number of carbonyl (C=O) groups is 1. The number of carbonyl (C=O) groups excluding carboxylic acids is 1. The second-order valence-electron chi connectivity index (χ2n) is 6.54. The molecule has 0 unspecified atom stereocenters. The van der Waals surface area contributed by atoms with Crippen LogP contribution in [-0.4, -0.2) is 43.6 Å². The molecule has 9 heteroatoms. The predicted molar refractivity (Wildman–Crippen MR) is 109 cm³/mol. The van der Waals surface area contributed by atoms with Crippen LogP contribution in [0.1, 0.15) is 36.0 Å². The molecule has 2 aromatic rings. The number of amides is 1. The summed E-state index contributed by atoms with van der Waals surface area (Å²) in [6.07, 6.45) is 5.11. The summed E-state index contributed by atoms with van der Waals surface area (Å²) in [7, 11) is -2.03. The first kappa shape index (κ1) is 20.3. The monoisotopic (exact) mass is 420 g/mol. The number of nitrogens with zero attached hydrogens (tertiary/aromatic N) is 3. The van der Waals surface area contributed by atoms with Crippen LogP contribution in [-0.2, 0) is 10.0 Å². The van der Waals surface area contributed by atoms with Crippen LogP contribution < -0.4 is 5.32 Å². The summed E-state index contributed by atoms with van der Waals surface area (Å²) < 4.78 is 29.6. The van der Waals surface area contributed by atoms with Gasteiger partial charge < -0.3 is 10.2 Å². The summed E-state index contributed by atoms with van der Waals surface area (Å²) in [5.74, 6) is 0.0940. The minimum Gasteiger partial charge on any atom is -0.362 e. The molecule has 1 N–H and O–H groups in total. The topological polar surface area (TPSA) is 91.7 Å². The standard InChI is InChI=1S/C19H21ClN4O3S/c1-24-12-4-2-3-10-17(24)23-28(26,27)15-8-5-7-14(13-15)22-19(25)16-9-6-11-21-18(16)20/h5-9,11,13H,2-4,10,12H2,1H3,(H,22,25)/b23-17+. The van der Waals surface area contributed by atoms with E-state index in [9.17, 15) is 13.2 Å². The molecule has 1 saturated heterocycles. The Morgan fingerprint density at radius 2 is 2.04 bits per heavy atom. The first-order valence-corrected chi connectivity index (χ1v) is 10.8. The van der Waals surface area contributed by atoms with Gasteiger partial charge in [-0.1, -0.05) is 24.1 Å². The molecule has 1 aromatic carbocycles. The van der Waals surface area contributed by atoms with Crippen molar-refractivity contribution in [2.45, 2.75) is 30.6 Å². The van der Waals surface area contributed by atoms with Gasteiger partial charge in [-0.05, 0) is 43.2 Å². The van der Waals surface area contributed by atoms with E-state index in [4.69, 9.17) is 11.6 Å². The van der Waals surface area contributed by atoms with Crippen LogP contribution in [0, 0.1) is 0 Å². The van der Waals surface area contributed by atoms with Crippen LogP contribution in [0.25, 0.3) is 0 Å². The Balaban J connectivity index is 1.84. The summed E-state index contributed by atoms with van der Waals surface area (Å²) in [5, 5.41) is 2.72. The molecule has 2 heterocycles. The lowest BCUT2D eigenvalue weighted by molar-refractivity contribution is 0.102. The van der Waals surface area contributed by atoms with E-state index in [1.54, 1.807) is 24.3 Å². The van der Waals surface area contributed by atoms with Crippen LogP contribution in [0.4, 0.5) is 5.69 Å². The van der Waals surface area contributed by atoms with Crippen LogP contribution in [0.3, 0.4) is 0 Å². The fourth-order valence-corrected chi connectivity index (χ4v) is 4.27. The Bertz CT molecular complexity index is 1010.